The predicted molar refractivity (Wildman–Crippen MR) is 84.7 cm³/mol. The summed E-state index contributed by atoms with van der Waals surface area (Å²) in [5.74, 6) is 1.74. The zero-order chi connectivity index (χ0) is 13.7. The summed E-state index contributed by atoms with van der Waals surface area (Å²) >= 11 is 10.6. The molecule has 0 N–H and O–H groups in total. The highest BCUT2D eigenvalue weighted by molar-refractivity contribution is 7.80. The second-order valence-electron chi connectivity index (χ2n) is 4.54. The van der Waals surface area contributed by atoms with Crippen molar-refractivity contribution in [3.05, 3.63) is 64.7 Å². The Hall–Kier alpha value is -1.12. The van der Waals surface area contributed by atoms with Crippen molar-refractivity contribution in [3.8, 4) is 5.75 Å². The molecule has 0 aliphatic rings. The molecule has 0 amide bonds. The van der Waals surface area contributed by atoms with E-state index in [1.54, 1.807) is 0 Å². The number of rotatable bonds is 5. The number of ether oxygens (including phenoxy) is 1. The minimum Gasteiger partial charge on any atom is -0.491 e. The van der Waals surface area contributed by atoms with Crippen molar-refractivity contribution in [1.29, 1.82) is 0 Å². The van der Waals surface area contributed by atoms with Gasteiger partial charge in [0.1, 0.15) is 5.75 Å². The Morgan fingerprint density at radius 2 is 1.89 bits per heavy atom. The third-order valence-electron chi connectivity index (χ3n) is 3.02. The van der Waals surface area contributed by atoms with Crippen LogP contribution in [0.1, 0.15) is 17.0 Å². The fraction of sp³-hybridized carbons (Fsp3) is 0.250. The van der Waals surface area contributed by atoms with Gasteiger partial charge in [0.15, 0.2) is 0 Å². The van der Waals surface area contributed by atoms with Crippen LogP contribution in [0.2, 0.25) is 5.02 Å². The van der Waals surface area contributed by atoms with Crippen molar-refractivity contribution in [2.75, 3.05) is 12.4 Å². The number of hydrogen-bond acceptors (Lipinski definition) is 2. The lowest BCUT2D eigenvalue weighted by Gasteiger charge is -2.16. The van der Waals surface area contributed by atoms with E-state index in [1.807, 2.05) is 43.3 Å². The van der Waals surface area contributed by atoms with Gasteiger partial charge in [-0.2, -0.15) is 12.6 Å². The Morgan fingerprint density at radius 3 is 2.53 bits per heavy atom. The highest BCUT2D eigenvalue weighted by Gasteiger charge is 2.11. The maximum absolute atomic E-state index is 6.16. The molecule has 0 heterocycles. The summed E-state index contributed by atoms with van der Waals surface area (Å²) in [4.78, 5) is 0. The van der Waals surface area contributed by atoms with Crippen molar-refractivity contribution < 1.29 is 4.74 Å². The first-order valence-corrected chi connectivity index (χ1v) is 7.26. The molecule has 0 radical (unpaired) electrons. The van der Waals surface area contributed by atoms with E-state index in [-0.39, 0.29) is 5.92 Å². The lowest BCUT2D eigenvalue weighted by atomic mass is 10.0. The monoisotopic (exact) mass is 292 g/mol. The average molecular weight is 293 g/mol. The molecule has 2 rings (SSSR count). The Labute approximate surface area is 125 Å². The minimum absolute atomic E-state index is 0.266. The highest BCUT2D eigenvalue weighted by Crippen LogP contribution is 2.27. The number of hydrogen-bond donors (Lipinski definition) is 1. The molecule has 1 unspecified atom stereocenters. The van der Waals surface area contributed by atoms with Crippen LogP contribution >= 0.6 is 24.2 Å². The Bertz CT molecular complexity index is 528. The molecule has 0 aliphatic carbocycles. The van der Waals surface area contributed by atoms with E-state index in [9.17, 15) is 0 Å². The minimum atomic E-state index is 0.266. The summed E-state index contributed by atoms with van der Waals surface area (Å²) in [6.45, 7) is 2.59. The van der Waals surface area contributed by atoms with Crippen LogP contribution in [0.5, 0.6) is 5.75 Å². The smallest absolute Gasteiger partial charge is 0.137 e. The van der Waals surface area contributed by atoms with Gasteiger partial charge in [-0.15, -0.1) is 0 Å². The predicted octanol–water partition coefficient (Wildman–Crippen LogP) is 4.74. The van der Waals surface area contributed by atoms with Gasteiger partial charge in [0, 0.05) is 11.7 Å². The molecule has 0 saturated heterocycles. The van der Waals surface area contributed by atoms with E-state index >= 15 is 0 Å². The lowest BCUT2D eigenvalue weighted by Crippen LogP contribution is -2.12. The van der Waals surface area contributed by atoms with Crippen molar-refractivity contribution in [2.24, 2.45) is 0 Å². The first kappa shape index (κ1) is 14.3. The van der Waals surface area contributed by atoms with Crippen LogP contribution in [0.3, 0.4) is 0 Å². The van der Waals surface area contributed by atoms with Crippen molar-refractivity contribution in [2.45, 2.75) is 12.8 Å². The van der Waals surface area contributed by atoms with E-state index in [0.29, 0.717) is 11.6 Å². The Morgan fingerprint density at radius 1 is 1.16 bits per heavy atom. The fourth-order valence-electron chi connectivity index (χ4n) is 1.89. The lowest BCUT2D eigenvalue weighted by molar-refractivity contribution is 0.298. The van der Waals surface area contributed by atoms with Crippen molar-refractivity contribution in [3.63, 3.8) is 0 Å². The van der Waals surface area contributed by atoms with E-state index in [0.717, 1.165) is 17.1 Å². The van der Waals surface area contributed by atoms with E-state index < -0.39 is 0 Å². The number of thiol groups is 1. The molecular weight excluding hydrogens is 276 g/mol. The second kappa shape index (κ2) is 6.88. The maximum Gasteiger partial charge on any atom is 0.137 e. The van der Waals surface area contributed by atoms with Crippen LogP contribution in [-0.4, -0.2) is 12.4 Å². The number of aryl methyl sites for hydroxylation is 1. The summed E-state index contributed by atoms with van der Waals surface area (Å²) in [6.07, 6.45) is 0. The molecule has 0 saturated carbocycles. The van der Waals surface area contributed by atoms with Gasteiger partial charge in [0.05, 0.1) is 11.6 Å². The summed E-state index contributed by atoms with van der Waals surface area (Å²) in [5, 5.41) is 0.658. The first-order chi connectivity index (χ1) is 9.20. The molecule has 0 aliphatic heterocycles. The molecule has 1 nitrogen and oxygen atoms in total. The van der Waals surface area contributed by atoms with Crippen LogP contribution in [0.25, 0.3) is 0 Å². The molecule has 3 heteroatoms. The van der Waals surface area contributed by atoms with Crippen LogP contribution in [-0.2, 0) is 0 Å². The molecule has 1 atom stereocenters. The third-order valence-corrected chi connectivity index (χ3v) is 3.75. The van der Waals surface area contributed by atoms with Crippen molar-refractivity contribution in [1.82, 2.24) is 0 Å². The van der Waals surface area contributed by atoms with Crippen LogP contribution in [0.15, 0.2) is 48.5 Å². The highest BCUT2D eigenvalue weighted by atomic mass is 35.5. The topological polar surface area (TPSA) is 9.23 Å². The quantitative estimate of drug-likeness (QED) is 0.783. The zero-order valence-corrected chi connectivity index (χ0v) is 12.5. The zero-order valence-electron chi connectivity index (χ0n) is 10.8. The van der Waals surface area contributed by atoms with Crippen molar-refractivity contribution >= 4 is 24.2 Å². The van der Waals surface area contributed by atoms with Gasteiger partial charge in [-0.25, -0.2) is 0 Å². The van der Waals surface area contributed by atoms with Gasteiger partial charge in [-0.1, -0.05) is 48.0 Å². The molecule has 2 aromatic carbocycles. The summed E-state index contributed by atoms with van der Waals surface area (Å²) in [6, 6.07) is 16.1. The van der Waals surface area contributed by atoms with Gasteiger partial charge in [-0.05, 0) is 30.2 Å². The molecule has 0 spiro atoms. The standard InChI is InChI=1S/C16H17ClOS/c1-12-7-8-16(15(17)9-12)18-10-14(11-19)13-5-3-2-4-6-13/h2-9,14,19H,10-11H2,1H3. The van der Waals surface area contributed by atoms with E-state index in [1.165, 1.54) is 5.56 Å². The van der Waals surface area contributed by atoms with Gasteiger partial charge >= 0.3 is 0 Å². The SMILES string of the molecule is Cc1ccc(OCC(CS)c2ccccc2)c(Cl)c1. The second-order valence-corrected chi connectivity index (χ2v) is 5.31. The van der Waals surface area contributed by atoms with Gasteiger partial charge < -0.3 is 4.74 Å². The van der Waals surface area contributed by atoms with Gasteiger partial charge in [0.2, 0.25) is 0 Å². The van der Waals surface area contributed by atoms with Crippen LogP contribution in [0.4, 0.5) is 0 Å². The average Bonchev–Trinajstić information content (AvgIpc) is 2.43. The molecule has 0 bridgehead atoms. The molecule has 0 fully saturated rings. The van der Waals surface area contributed by atoms with E-state index in [2.05, 4.69) is 24.8 Å². The Balaban J connectivity index is 2.04. The van der Waals surface area contributed by atoms with Crippen LogP contribution < -0.4 is 4.74 Å². The molecule has 19 heavy (non-hydrogen) atoms. The summed E-state index contributed by atoms with van der Waals surface area (Å²) < 4.78 is 5.82. The van der Waals surface area contributed by atoms with E-state index in [4.69, 9.17) is 16.3 Å². The fourth-order valence-corrected chi connectivity index (χ4v) is 2.50. The molecule has 0 aromatic heterocycles. The Kier molecular flexibility index (Phi) is 5.17. The summed E-state index contributed by atoms with van der Waals surface area (Å²) in [5.41, 5.74) is 2.37. The van der Waals surface area contributed by atoms with Gasteiger partial charge in [0.25, 0.3) is 0 Å². The molecular formula is C16H17ClOS. The van der Waals surface area contributed by atoms with Crippen LogP contribution in [0, 0.1) is 6.92 Å². The maximum atomic E-state index is 6.16. The number of benzene rings is 2. The first-order valence-electron chi connectivity index (χ1n) is 6.25. The molecule has 2 aromatic rings. The molecule has 100 valence electrons. The largest absolute Gasteiger partial charge is 0.491 e. The summed E-state index contributed by atoms with van der Waals surface area (Å²) in [7, 11) is 0. The van der Waals surface area contributed by atoms with Gasteiger partial charge in [-0.3, -0.25) is 0 Å². The third kappa shape index (κ3) is 3.92. The normalized spacial score (nSPS) is 12.2. The number of halogens is 1.